The molecule has 2 aromatic rings. The van der Waals surface area contributed by atoms with Crippen LogP contribution in [0.15, 0.2) is 47.2 Å². The molecule has 0 saturated carbocycles. The van der Waals surface area contributed by atoms with Gasteiger partial charge in [0, 0.05) is 22.9 Å². The van der Waals surface area contributed by atoms with Gasteiger partial charge >= 0.3 is 0 Å². The van der Waals surface area contributed by atoms with Gasteiger partial charge in [0.25, 0.3) is 0 Å². The van der Waals surface area contributed by atoms with Gasteiger partial charge in [-0.3, -0.25) is 4.79 Å². The van der Waals surface area contributed by atoms with Crippen molar-refractivity contribution in [2.45, 2.75) is 13.0 Å². The lowest BCUT2D eigenvalue weighted by Crippen LogP contribution is -2.25. The molecule has 0 aliphatic heterocycles. The first kappa shape index (κ1) is 12.0. The molecule has 88 valence electrons. The Morgan fingerprint density at radius 1 is 1.24 bits per heavy atom. The van der Waals surface area contributed by atoms with Crippen molar-refractivity contribution in [1.82, 2.24) is 0 Å². The number of benzene rings is 1. The molecule has 0 amide bonds. The van der Waals surface area contributed by atoms with Crippen LogP contribution in [0.5, 0.6) is 0 Å². The summed E-state index contributed by atoms with van der Waals surface area (Å²) in [5.74, 6) is -0.0883. The average molecular weight is 245 g/mol. The second-order valence-electron chi connectivity index (χ2n) is 4.10. The third-order valence-corrected chi connectivity index (χ3v) is 3.63. The van der Waals surface area contributed by atoms with Crippen LogP contribution in [0.25, 0.3) is 0 Å². The maximum Gasteiger partial charge on any atom is 0.168 e. The van der Waals surface area contributed by atoms with Crippen LogP contribution in [-0.2, 0) is 0 Å². The summed E-state index contributed by atoms with van der Waals surface area (Å²) >= 11 is 1.53. The fourth-order valence-corrected chi connectivity index (χ4v) is 2.44. The largest absolute Gasteiger partial charge is 0.323 e. The number of carbonyl (C=O) groups excluding carboxylic acids is 1. The van der Waals surface area contributed by atoms with Crippen molar-refractivity contribution < 1.29 is 4.79 Å². The second kappa shape index (κ2) is 5.25. The summed E-state index contributed by atoms with van der Waals surface area (Å²) in [6.07, 6.45) is 0. The molecule has 2 atom stereocenters. The van der Waals surface area contributed by atoms with E-state index in [1.807, 2.05) is 54.1 Å². The van der Waals surface area contributed by atoms with E-state index in [0.29, 0.717) is 0 Å². The highest BCUT2D eigenvalue weighted by atomic mass is 32.1. The first-order chi connectivity index (χ1) is 8.20. The van der Waals surface area contributed by atoms with Crippen LogP contribution in [0, 0.1) is 5.92 Å². The number of Topliss-reactive ketones (excluding diaryl/α,β-unsaturated/α-hetero) is 1. The molecule has 3 heteroatoms. The fraction of sp³-hybridized carbons (Fsp3) is 0.214. The summed E-state index contributed by atoms with van der Waals surface area (Å²) in [7, 11) is 0. The third kappa shape index (κ3) is 2.62. The van der Waals surface area contributed by atoms with Crippen molar-refractivity contribution >= 4 is 17.1 Å². The summed E-state index contributed by atoms with van der Waals surface area (Å²) in [5.41, 5.74) is 7.89. The van der Waals surface area contributed by atoms with Crippen molar-refractivity contribution in [3.05, 3.63) is 58.3 Å². The Bertz CT molecular complexity index is 478. The van der Waals surface area contributed by atoms with E-state index >= 15 is 0 Å². The van der Waals surface area contributed by atoms with Crippen LogP contribution in [-0.4, -0.2) is 5.78 Å². The van der Waals surface area contributed by atoms with E-state index in [2.05, 4.69) is 0 Å². The van der Waals surface area contributed by atoms with Crippen LogP contribution < -0.4 is 5.73 Å². The van der Waals surface area contributed by atoms with Crippen molar-refractivity contribution in [3.8, 4) is 0 Å². The van der Waals surface area contributed by atoms with Crippen molar-refractivity contribution in [3.63, 3.8) is 0 Å². The van der Waals surface area contributed by atoms with Crippen molar-refractivity contribution in [2.24, 2.45) is 11.7 Å². The number of carbonyl (C=O) groups is 1. The minimum atomic E-state index is -0.247. The van der Waals surface area contributed by atoms with E-state index in [4.69, 9.17) is 5.73 Å². The molecule has 2 rings (SSSR count). The molecule has 2 N–H and O–H groups in total. The van der Waals surface area contributed by atoms with Crippen LogP contribution in [0.2, 0.25) is 0 Å². The molecule has 1 aromatic heterocycles. The Morgan fingerprint density at radius 2 is 1.94 bits per heavy atom. The number of hydrogen-bond donors (Lipinski definition) is 1. The highest BCUT2D eigenvalue weighted by molar-refractivity contribution is 7.08. The fourth-order valence-electron chi connectivity index (χ4n) is 1.79. The van der Waals surface area contributed by atoms with Gasteiger partial charge in [-0.1, -0.05) is 37.3 Å². The predicted molar refractivity (Wildman–Crippen MR) is 71.2 cm³/mol. The maximum atomic E-state index is 12.1. The van der Waals surface area contributed by atoms with Gasteiger partial charge in [0.05, 0.1) is 0 Å². The summed E-state index contributed by atoms with van der Waals surface area (Å²) < 4.78 is 0. The zero-order valence-corrected chi connectivity index (χ0v) is 10.5. The van der Waals surface area contributed by atoms with E-state index in [1.54, 1.807) is 0 Å². The molecule has 2 unspecified atom stereocenters. The molecule has 0 aliphatic rings. The normalized spacial score (nSPS) is 14.2. The molecule has 0 radical (unpaired) electrons. The Labute approximate surface area is 105 Å². The Morgan fingerprint density at radius 3 is 2.53 bits per heavy atom. The van der Waals surface area contributed by atoms with E-state index in [9.17, 15) is 4.79 Å². The summed E-state index contributed by atoms with van der Waals surface area (Å²) in [6.45, 7) is 1.89. The van der Waals surface area contributed by atoms with Crippen LogP contribution in [0.4, 0.5) is 0 Å². The molecule has 0 saturated heterocycles. The Hall–Kier alpha value is -1.45. The number of thiophene rings is 1. The number of hydrogen-bond acceptors (Lipinski definition) is 3. The average Bonchev–Trinajstić information content (AvgIpc) is 2.91. The molecule has 2 nitrogen and oxygen atoms in total. The smallest absolute Gasteiger partial charge is 0.168 e. The van der Waals surface area contributed by atoms with E-state index in [0.717, 1.165) is 11.1 Å². The lowest BCUT2D eigenvalue weighted by atomic mass is 9.90. The van der Waals surface area contributed by atoms with E-state index in [1.165, 1.54) is 11.3 Å². The van der Waals surface area contributed by atoms with Gasteiger partial charge in [-0.05, 0) is 17.0 Å². The molecule has 0 bridgehead atoms. The van der Waals surface area contributed by atoms with Crippen LogP contribution >= 0.6 is 11.3 Å². The van der Waals surface area contributed by atoms with Crippen molar-refractivity contribution in [1.29, 1.82) is 0 Å². The third-order valence-electron chi connectivity index (χ3n) is 2.94. The summed E-state index contributed by atoms with van der Waals surface area (Å²) in [5, 5.41) is 3.78. The quantitative estimate of drug-likeness (QED) is 0.840. The van der Waals surface area contributed by atoms with Gasteiger partial charge in [-0.15, -0.1) is 0 Å². The second-order valence-corrected chi connectivity index (χ2v) is 4.88. The van der Waals surface area contributed by atoms with Gasteiger partial charge in [-0.2, -0.15) is 11.3 Å². The summed E-state index contributed by atoms with van der Waals surface area (Å²) in [4.78, 5) is 12.1. The van der Waals surface area contributed by atoms with E-state index in [-0.39, 0.29) is 17.7 Å². The van der Waals surface area contributed by atoms with Gasteiger partial charge in [0.1, 0.15) is 0 Å². The predicted octanol–water partition coefficient (Wildman–Crippen LogP) is 3.27. The number of nitrogens with two attached hydrogens (primary N) is 1. The lowest BCUT2D eigenvalue weighted by Gasteiger charge is -2.18. The highest BCUT2D eigenvalue weighted by Gasteiger charge is 2.23. The monoisotopic (exact) mass is 245 g/mol. The molecule has 1 aromatic carbocycles. The van der Waals surface area contributed by atoms with Crippen molar-refractivity contribution in [2.75, 3.05) is 0 Å². The maximum absolute atomic E-state index is 12.1. The minimum absolute atomic E-state index is 0.114. The summed E-state index contributed by atoms with van der Waals surface area (Å²) in [6, 6.07) is 11.4. The zero-order valence-electron chi connectivity index (χ0n) is 9.67. The molecule has 0 spiro atoms. The first-order valence-corrected chi connectivity index (χ1v) is 6.51. The molecule has 17 heavy (non-hydrogen) atoms. The SMILES string of the molecule is CC(C(=O)c1ccsc1)C(N)c1ccccc1. The first-order valence-electron chi connectivity index (χ1n) is 5.57. The topological polar surface area (TPSA) is 43.1 Å². The van der Waals surface area contributed by atoms with Crippen LogP contribution in [0.3, 0.4) is 0 Å². The van der Waals surface area contributed by atoms with Gasteiger partial charge in [0.2, 0.25) is 0 Å². The van der Waals surface area contributed by atoms with Gasteiger partial charge in [-0.25, -0.2) is 0 Å². The Balaban J connectivity index is 2.15. The van der Waals surface area contributed by atoms with Crippen LogP contribution in [0.1, 0.15) is 28.9 Å². The molecule has 0 aliphatic carbocycles. The van der Waals surface area contributed by atoms with Gasteiger partial charge < -0.3 is 5.73 Å². The lowest BCUT2D eigenvalue weighted by molar-refractivity contribution is 0.0913. The van der Waals surface area contributed by atoms with Gasteiger partial charge in [0.15, 0.2) is 5.78 Å². The molecule has 0 fully saturated rings. The molecular weight excluding hydrogens is 230 g/mol. The highest BCUT2D eigenvalue weighted by Crippen LogP contribution is 2.23. The molecular formula is C14H15NOS. The Kier molecular flexibility index (Phi) is 3.71. The zero-order chi connectivity index (χ0) is 12.3. The number of ketones is 1. The standard InChI is InChI=1S/C14H15NOS/c1-10(14(16)12-7-8-17-9-12)13(15)11-5-3-2-4-6-11/h2-10,13H,15H2,1H3. The number of rotatable bonds is 4. The minimum Gasteiger partial charge on any atom is -0.323 e. The molecule has 1 heterocycles. The van der Waals surface area contributed by atoms with E-state index < -0.39 is 0 Å².